The Kier molecular flexibility index (Phi) is 4.97. The highest BCUT2D eigenvalue weighted by Crippen LogP contribution is 2.56. The zero-order chi connectivity index (χ0) is 19.8. The second kappa shape index (κ2) is 7.63. The third-order valence-electron chi connectivity index (χ3n) is 6.80. The van der Waals surface area contributed by atoms with Crippen molar-refractivity contribution in [3.05, 3.63) is 83.4 Å². The third kappa shape index (κ3) is 3.86. The van der Waals surface area contributed by atoms with Crippen LogP contribution in [0.2, 0.25) is 0 Å². The van der Waals surface area contributed by atoms with E-state index in [1.54, 1.807) is 0 Å². The van der Waals surface area contributed by atoms with Gasteiger partial charge in [0.05, 0.1) is 0 Å². The van der Waals surface area contributed by atoms with E-state index in [-0.39, 0.29) is 6.04 Å². The third-order valence-corrected chi connectivity index (χ3v) is 8.84. The quantitative estimate of drug-likeness (QED) is 0.562. The number of benzene rings is 2. The molecule has 0 amide bonds. The summed E-state index contributed by atoms with van der Waals surface area (Å²) in [4.78, 5) is 0. The van der Waals surface area contributed by atoms with E-state index >= 15 is 0 Å². The zero-order valence-electron chi connectivity index (χ0n) is 16.8. The van der Waals surface area contributed by atoms with Crippen LogP contribution < -0.4 is 5.09 Å². The van der Waals surface area contributed by atoms with E-state index in [2.05, 4.69) is 12.0 Å². The molecule has 2 fully saturated rings. The maximum absolute atomic E-state index is 14.0. The van der Waals surface area contributed by atoms with Crippen molar-refractivity contribution in [1.29, 1.82) is 0 Å². The van der Waals surface area contributed by atoms with Gasteiger partial charge in [-0.2, -0.15) is 0 Å². The molecule has 1 aliphatic heterocycles. The molecular weight excluding hydrogens is 377 g/mol. The van der Waals surface area contributed by atoms with Gasteiger partial charge in [0.15, 0.2) is 7.29 Å². The summed E-state index contributed by atoms with van der Waals surface area (Å²) in [5.41, 5.74) is 1.90. The molecule has 4 unspecified atom stereocenters. The Morgan fingerprint density at radius 2 is 1.48 bits per heavy atom. The smallest absolute Gasteiger partial charge is 0.198 e. The van der Waals surface area contributed by atoms with Crippen molar-refractivity contribution in [2.75, 3.05) is 0 Å². The van der Waals surface area contributed by atoms with Crippen molar-refractivity contribution in [2.24, 2.45) is 17.8 Å². The van der Waals surface area contributed by atoms with E-state index in [4.69, 9.17) is 4.74 Å². The molecule has 29 heavy (non-hydrogen) atoms. The molecule has 0 spiro atoms. The zero-order valence-corrected chi connectivity index (χ0v) is 17.7. The van der Waals surface area contributed by atoms with E-state index in [1.807, 2.05) is 72.3 Å². The minimum Gasteiger partial charge on any atom is -0.456 e. The summed E-state index contributed by atoms with van der Waals surface area (Å²) < 4.78 is 20.3. The van der Waals surface area contributed by atoms with Crippen LogP contribution in [0.4, 0.5) is 0 Å². The first kappa shape index (κ1) is 18.9. The molecule has 1 heterocycles. The Morgan fingerprint density at radius 3 is 1.97 bits per heavy atom. The van der Waals surface area contributed by atoms with Crippen LogP contribution in [0.25, 0.3) is 11.5 Å². The van der Waals surface area contributed by atoms with Crippen LogP contribution in [0.3, 0.4) is 0 Å². The number of hydrogen-bond acceptors (Lipinski definition) is 2. The predicted octanol–water partition coefficient (Wildman–Crippen LogP) is 6.71. The second-order valence-electron chi connectivity index (χ2n) is 8.79. The molecular formula is C25H28NO2P. The Bertz CT molecular complexity index is 923. The summed E-state index contributed by atoms with van der Waals surface area (Å²) in [7, 11) is -2.89. The summed E-state index contributed by atoms with van der Waals surface area (Å²) in [5.74, 6) is 7.29. The van der Waals surface area contributed by atoms with Crippen LogP contribution in [0.15, 0.2) is 72.3 Å². The first-order valence-electron chi connectivity index (χ1n) is 10.7. The molecule has 2 bridgehead atoms. The highest BCUT2D eigenvalue weighted by molar-refractivity contribution is 7.68. The van der Waals surface area contributed by atoms with E-state index in [0.717, 1.165) is 23.0 Å². The lowest BCUT2D eigenvalue weighted by molar-refractivity contribution is 0.280. The van der Waals surface area contributed by atoms with Crippen molar-refractivity contribution in [2.45, 2.75) is 38.6 Å². The van der Waals surface area contributed by atoms with Crippen LogP contribution in [-0.4, -0.2) is 6.04 Å². The van der Waals surface area contributed by atoms with Crippen molar-refractivity contribution < 1.29 is 9.30 Å². The summed E-state index contributed by atoms with van der Waals surface area (Å²) in [6, 6.07) is 20.1. The molecule has 0 radical (unpaired) electrons. The molecule has 1 N–H and O–H groups in total. The Balaban J connectivity index is 1.47. The van der Waals surface area contributed by atoms with Gasteiger partial charge in [-0.05, 0) is 43.9 Å². The monoisotopic (exact) mass is 405 g/mol. The molecule has 2 aromatic carbocycles. The topological polar surface area (TPSA) is 38.3 Å². The lowest BCUT2D eigenvalue weighted by atomic mass is 9.84. The molecule has 4 heteroatoms. The van der Waals surface area contributed by atoms with E-state index in [9.17, 15) is 4.57 Å². The van der Waals surface area contributed by atoms with Crippen LogP contribution in [0.1, 0.15) is 43.7 Å². The largest absolute Gasteiger partial charge is 0.456 e. The number of hydrogen-bond donors (Lipinski definition) is 1. The Labute approximate surface area is 173 Å². The molecule has 2 aliphatic carbocycles. The average molecular weight is 405 g/mol. The number of fused-ring (bicyclic) bond motifs is 2. The minimum atomic E-state index is -2.89. The van der Waals surface area contributed by atoms with Crippen molar-refractivity contribution in [3.63, 3.8) is 0 Å². The average Bonchev–Trinajstić information content (AvgIpc) is 3.38. The highest BCUT2D eigenvalue weighted by Gasteiger charge is 2.43. The van der Waals surface area contributed by atoms with Gasteiger partial charge in [-0.3, -0.25) is 9.65 Å². The van der Waals surface area contributed by atoms with E-state index < -0.39 is 7.29 Å². The fourth-order valence-electron chi connectivity index (χ4n) is 5.42. The molecule has 4 atom stereocenters. The molecule has 150 valence electrons. The molecule has 5 rings (SSSR count). The lowest BCUT2D eigenvalue weighted by Crippen LogP contribution is -2.34. The number of rotatable bonds is 5. The standard InChI is InChI=1S/C25H28NO2P/c1-18(23-15-19-12-13-22(23)14-19)26-29(27)16-24(20-8-4-2-5-9-20)28-25(17-29)21-10-6-3-7-11-21/h2-11,16-19,22-23H,12-15H2,1H3,(H,26,27). The number of ether oxygens (including phenoxy) is 1. The molecule has 0 aromatic heterocycles. The highest BCUT2D eigenvalue weighted by atomic mass is 31.2. The van der Waals surface area contributed by atoms with Crippen LogP contribution in [0, 0.1) is 17.8 Å². The van der Waals surface area contributed by atoms with Gasteiger partial charge >= 0.3 is 0 Å². The SMILES string of the molecule is CC(NP1(=O)C=C(c2ccccc2)OC(c2ccccc2)=C1)C1CC2CCC1C2. The Morgan fingerprint density at radius 1 is 0.897 bits per heavy atom. The van der Waals surface area contributed by atoms with Gasteiger partial charge in [0.2, 0.25) is 0 Å². The van der Waals surface area contributed by atoms with Gasteiger partial charge in [0.25, 0.3) is 0 Å². The van der Waals surface area contributed by atoms with Crippen LogP contribution in [0.5, 0.6) is 0 Å². The molecule has 2 saturated carbocycles. The van der Waals surface area contributed by atoms with Gasteiger partial charge in [0.1, 0.15) is 11.5 Å². The minimum absolute atomic E-state index is 0.232. The first-order chi connectivity index (χ1) is 14.1. The molecule has 3 aliphatic rings. The van der Waals surface area contributed by atoms with Crippen molar-refractivity contribution in [1.82, 2.24) is 5.09 Å². The lowest BCUT2D eigenvalue weighted by Gasteiger charge is -2.32. The van der Waals surface area contributed by atoms with Gasteiger partial charge in [-0.15, -0.1) is 0 Å². The van der Waals surface area contributed by atoms with Gasteiger partial charge in [-0.25, -0.2) is 0 Å². The summed E-state index contributed by atoms with van der Waals surface area (Å²) >= 11 is 0. The van der Waals surface area contributed by atoms with Gasteiger partial charge in [0, 0.05) is 28.8 Å². The summed E-state index contributed by atoms with van der Waals surface area (Å²) in [6.07, 6.45) is 5.36. The summed E-state index contributed by atoms with van der Waals surface area (Å²) in [6.45, 7) is 2.21. The van der Waals surface area contributed by atoms with Crippen LogP contribution >= 0.6 is 7.29 Å². The predicted molar refractivity (Wildman–Crippen MR) is 119 cm³/mol. The molecule has 0 saturated heterocycles. The fraction of sp³-hybridized carbons (Fsp3) is 0.360. The normalized spacial score (nSPS) is 28.4. The first-order valence-corrected chi connectivity index (χ1v) is 12.6. The maximum Gasteiger partial charge on any atom is 0.198 e. The molecule has 2 aromatic rings. The van der Waals surface area contributed by atoms with Crippen molar-refractivity contribution in [3.8, 4) is 0 Å². The second-order valence-corrected chi connectivity index (χ2v) is 11.0. The molecule has 3 nitrogen and oxygen atoms in total. The van der Waals surface area contributed by atoms with Crippen LogP contribution in [-0.2, 0) is 9.30 Å². The van der Waals surface area contributed by atoms with E-state index in [1.165, 1.54) is 25.7 Å². The van der Waals surface area contributed by atoms with E-state index in [0.29, 0.717) is 17.4 Å². The van der Waals surface area contributed by atoms with Crippen molar-refractivity contribution >= 4 is 18.8 Å². The van der Waals surface area contributed by atoms with Gasteiger partial charge in [-0.1, -0.05) is 67.1 Å². The van der Waals surface area contributed by atoms with Gasteiger partial charge < -0.3 is 4.74 Å². The summed E-state index contributed by atoms with van der Waals surface area (Å²) in [5, 5.41) is 3.54. The maximum atomic E-state index is 14.0. The fourth-order valence-corrected chi connectivity index (χ4v) is 7.58. The number of nitrogens with one attached hydrogen (secondary N) is 1. The Hall–Kier alpha value is -2.09.